The number of anilines is 1. The van der Waals surface area contributed by atoms with E-state index in [1.165, 1.54) is 11.1 Å². The van der Waals surface area contributed by atoms with Gasteiger partial charge in [0.15, 0.2) is 0 Å². The van der Waals surface area contributed by atoms with Gasteiger partial charge in [-0.3, -0.25) is 4.79 Å². The summed E-state index contributed by atoms with van der Waals surface area (Å²) in [6, 6.07) is 13.2. The number of rotatable bonds is 7. The first kappa shape index (κ1) is 20.5. The molecule has 0 saturated carbocycles. The summed E-state index contributed by atoms with van der Waals surface area (Å²) in [5, 5.41) is 2.98. The lowest BCUT2D eigenvalue weighted by molar-refractivity contribution is 0.102. The Bertz CT molecular complexity index is 841. The molecule has 0 fully saturated rings. The predicted molar refractivity (Wildman–Crippen MR) is 114 cm³/mol. The molecule has 1 amide bonds. The van der Waals surface area contributed by atoms with Gasteiger partial charge in [0.05, 0.1) is 0 Å². The number of aryl methyl sites for hydroxylation is 1. The van der Waals surface area contributed by atoms with Crippen molar-refractivity contribution < 1.29 is 9.53 Å². The summed E-state index contributed by atoms with van der Waals surface area (Å²) in [5.41, 5.74) is 6.11. The third kappa shape index (κ3) is 5.85. The molecule has 3 nitrogen and oxygen atoms in total. The number of carbonyl (C=O) groups is 1. The van der Waals surface area contributed by atoms with Gasteiger partial charge in [0.2, 0.25) is 0 Å². The van der Waals surface area contributed by atoms with E-state index in [0.717, 1.165) is 29.0 Å². The zero-order chi connectivity index (χ0) is 19.8. The molecule has 0 bridgehead atoms. The first-order chi connectivity index (χ1) is 12.9. The molecule has 0 aromatic heterocycles. The molecule has 0 radical (unpaired) electrons. The summed E-state index contributed by atoms with van der Waals surface area (Å²) in [4.78, 5) is 12.5. The smallest absolute Gasteiger partial charge is 0.255 e. The van der Waals surface area contributed by atoms with Gasteiger partial charge in [-0.2, -0.15) is 0 Å². The number of benzene rings is 2. The van der Waals surface area contributed by atoms with Crippen LogP contribution in [0.3, 0.4) is 0 Å². The van der Waals surface area contributed by atoms with Gasteiger partial charge in [-0.1, -0.05) is 36.8 Å². The van der Waals surface area contributed by atoms with Crippen molar-refractivity contribution in [2.45, 2.75) is 41.0 Å². The third-order valence-electron chi connectivity index (χ3n) is 4.56. The molecular formula is C24H29NO2. The van der Waals surface area contributed by atoms with Crippen LogP contribution in [0.1, 0.15) is 48.7 Å². The van der Waals surface area contributed by atoms with Gasteiger partial charge < -0.3 is 10.1 Å². The zero-order valence-electron chi connectivity index (χ0n) is 16.9. The minimum atomic E-state index is -0.119. The second kappa shape index (κ2) is 9.77. The maximum absolute atomic E-state index is 12.5. The van der Waals surface area contributed by atoms with Crippen LogP contribution in [0.2, 0.25) is 0 Å². The Labute approximate surface area is 162 Å². The molecule has 0 aliphatic carbocycles. The highest BCUT2D eigenvalue weighted by atomic mass is 16.5. The van der Waals surface area contributed by atoms with Crippen molar-refractivity contribution in [2.75, 3.05) is 11.9 Å². The van der Waals surface area contributed by atoms with Gasteiger partial charge >= 0.3 is 0 Å². The van der Waals surface area contributed by atoms with Crippen LogP contribution in [-0.2, 0) is 0 Å². The van der Waals surface area contributed by atoms with Crippen molar-refractivity contribution in [3.63, 3.8) is 0 Å². The van der Waals surface area contributed by atoms with Gasteiger partial charge in [-0.25, -0.2) is 0 Å². The molecule has 0 saturated heterocycles. The lowest BCUT2D eigenvalue weighted by atomic mass is 10.1. The lowest BCUT2D eigenvalue weighted by Gasteiger charge is -2.11. The predicted octanol–water partition coefficient (Wildman–Crippen LogP) is 6.24. The minimum absolute atomic E-state index is 0.119. The molecule has 2 aromatic carbocycles. The van der Waals surface area contributed by atoms with Crippen molar-refractivity contribution in [1.29, 1.82) is 0 Å². The highest BCUT2D eigenvalue weighted by molar-refractivity contribution is 6.04. The molecular weight excluding hydrogens is 334 g/mol. The molecule has 0 aliphatic heterocycles. The van der Waals surface area contributed by atoms with Gasteiger partial charge in [-0.05, 0) is 81.1 Å². The van der Waals surface area contributed by atoms with Crippen molar-refractivity contribution in [3.8, 4) is 5.75 Å². The Kier molecular flexibility index (Phi) is 7.42. The molecule has 27 heavy (non-hydrogen) atoms. The van der Waals surface area contributed by atoms with E-state index in [1.54, 1.807) is 12.1 Å². The van der Waals surface area contributed by atoms with Crippen LogP contribution in [0.4, 0.5) is 5.69 Å². The van der Waals surface area contributed by atoms with Crippen molar-refractivity contribution in [3.05, 3.63) is 82.5 Å². The first-order valence-corrected chi connectivity index (χ1v) is 9.35. The second-order valence-corrected chi connectivity index (χ2v) is 6.85. The average molecular weight is 364 g/mol. The Balaban J connectivity index is 2.02. The molecule has 2 aromatic rings. The summed E-state index contributed by atoms with van der Waals surface area (Å²) in [6.07, 6.45) is 5.24. The Hall–Kier alpha value is -2.81. The summed E-state index contributed by atoms with van der Waals surface area (Å²) < 4.78 is 5.87. The van der Waals surface area contributed by atoms with Crippen LogP contribution in [0.5, 0.6) is 5.75 Å². The molecule has 2 rings (SSSR count). The summed E-state index contributed by atoms with van der Waals surface area (Å²) >= 11 is 0. The Morgan fingerprint density at radius 3 is 2.41 bits per heavy atom. The van der Waals surface area contributed by atoms with Crippen molar-refractivity contribution >= 4 is 11.6 Å². The fraction of sp³-hybridized carbons (Fsp3) is 0.292. The van der Waals surface area contributed by atoms with Crippen LogP contribution in [-0.4, -0.2) is 12.5 Å². The van der Waals surface area contributed by atoms with Gasteiger partial charge in [0, 0.05) is 11.3 Å². The number of nitrogens with one attached hydrogen (secondary N) is 1. The number of allylic oxidation sites excluding steroid dienone is 2. The molecule has 1 N–H and O–H groups in total. The monoisotopic (exact) mass is 363 g/mol. The van der Waals surface area contributed by atoms with Crippen LogP contribution in [0.15, 0.2) is 65.8 Å². The molecule has 0 spiro atoms. The first-order valence-electron chi connectivity index (χ1n) is 9.35. The quantitative estimate of drug-likeness (QED) is 0.592. The standard InChI is InChI=1S/C24H29NO2/c1-6-7-10-21(17(2)3)16-27-22-14-12-20(13-15-22)24(26)25-23-11-8-9-18(4)19(23)5/h7-15H,6,16H2,1-5H3,(H,25,26)/b10-7-. The van der Waals surface area contributed by atoms with E-state index in [9.17, 15) is 4.79 Å². The van der Waals surface area contributed by atoms with E-state index in [2.05, 4.69) is 38.2 Å². The topological polar surface area (TPSA) is 38.3 Å². The van der Waals surface area contributed by atoms with Crippen LogP contribution in [0.25, 0.3) is 0 Å². The fourth-order valence-corrected chi connectivity index (χ4v) is 2.56. The van der Waals surface area contributed by atoms with Crippen molar-refractivity contribution in [1.82, 2.24) is 0 Å². The number of hydrogen-bond acceptors (Lipinski definition) is 2. The summed E-state index contributed by atoms with van der Waals surface area (Å²) in [5.74, 6) is 0.632. The molecule has 3 heteroatoms. The van der Waals surface area contributed by atoms with E-state index in [0.29, 0.717) is 12.2 Å². The SMILES string of the molecule is CC/C=C\C(COc1ccc(C(=O)Nc2cccc(C)c2C)cc1)=C(C)C. The van der Waals surface area contributed by atoms with Crippen LogP contribution < -0.4 is 10.1 Å². The summed E-state index contributed by atoms with van der Waals surface area (Å²) in [6.45, 7) is 10.8. The van der Waals surface area contributed by atoms with E-state index < -0.39 is 0 Å². The fourth-order valence-electron chi connectivity index (χ4n) is 2.56. The number of carbonyl (C=O) groups excluding carboxylic acids is 1. The number of amides is 1. The van der Waals surface area contributed by atoms with Gasteiger partial charge in [-0.15, -0.1) is 0 Å². The molecule has 0 aliphatic rings. The molecule has 0 unspecified atom stereocenters. The second-order valence-electron chi connectivity index (χ2n) is 6.85. The maximum atomic E-state index is 12.5. The van der Waals surface area contributed by atoms with Crippen LogP contribution >= 0.6 is 0 Å². The van der Waals surface area contributed by atoms with Crippen molar-refractivity contribution in [2.24, 2.45) is 0 Å². The molecule has 142 valence electrons. The van der Waals surface area contributed by atoms with E-state index >= 15 is 0 Å². The number of hydrogen-bond donors (Lipinski definition) is 1. The van der Waals surface area contributed by atoms with E-state index in [4.69, 9.17) is 4.74 Å². The largest absolute Gasteiger partial charge is 0.489 e. The average Bonchev–Trinajstić information content (AvgIpc) is 2.65. The van der Waals surface area contributed by atoms with Crippen LogP contribution in [0, 0.1) is 13.8 Å². The minimum Gasteiger partial charge on any atom is -0.489 e. The van der Waals surface area contributed by atoms with Gasteiger partial charge in [0.25, 0.3) is 5.91 Å². The lowest BCUT2D eigenvalue weighted by Crippen LogP contribution is -2.13. The highest BCUT2D eigenvalue weighted by Gasteiger charge is 2.09. The summed E-state index contributed by atoms with van der Waals surface area (Å²) in [7, 11) is 0. The zero-order valence-corrected chi connectivity index (χ0v) is 16.9. The van der Waals surface area contributed by atoms with E-state index in [-0.39, 0.29) is 5.91 Å². The molecule has 0 heterocycles. The highest BCUT2D eigenvalue weighted by Crippen LogP contribution is 2.20. The molecule has 0 atom stereocenters. The van der Waals surface area contributed by atoms with E-state index in [1.807, 2.05) is 44.2 Å². The number of ether oxygens (including phenoxy) is 1. The van der Waals surface area contributed by atoms with Gasteiger partial charge in [0.1, 0.15) is 12.4 Å². The normalized spacial score (nSPS) is 10.7. The Morgan fingerprint density at radius 2 is 1.78 bits per heavy atom. The third-order valence-corrected chi connectivity index (χ3v) is 4.56. The maximum Gasteiger partial charge on any atom is 0.255 e. The Morgan fingerprint density at radius 1 is 1.07 bits per heavy atom.